The van der Waals surface area contributed by atoms with Crippen LogP contribution in [-0.2, 0) is 0 Å². The van der Waals surface area contributed by atoms with Gasteiger partial charge < -0.3 is 10.2 Å². The van der Waals surface area contributed by atoms with Gasteiger partial charge in [-0.2, -0.15) is 0 Å². The van der Waals surface area contributed by atoms with Crippen LogP contribution >= 0.6 is 0 Å². The Balaban J connectivity index is 1.80. The van der Waals surface area contributed by atoms with Crippen LogP contribution in [0.4, 0.5) is 5.69 Å². The van der Waals surface area contributed by atoms with Crippen LogP contribution in [0.1, 0.15) is 39.5 Å². The van der Waals surface area contributed by atoms with Gasteiger partial charge in [-0.1, -0.05) is 44.9 Å². The van der Waals surface area contributed by atoms with Gasteiger partial charge in [-0.3, -0.25) is 4.98 Å². The van der Waals surface area contributed by atoms with Crippen molar-refractivity contribution in [2.24, 2.45) is 0 Å². The van der Waals surface area contributed by atoms with Crippen molar-refractivity contribution >= 4 is 5.69 Å². The fourth-order valence-electron chi connectivity index (χ4n) is 2.75. The van der Waals surface area contributed by atoms with Crippen LogP contribution in [0.25, 0.3) is 11.3 Å². The van der Waals surface area contributed by atoms with Crippen molar-refractivity contribution in [2.75, 3.05) is 31.5 Å². The minimum atomic E-state index is 0.996. The number of nitrogens with zero attached hydrogens (tertiary/aromatic N) is 2. The van der Waals surface area contributed by atoms with Crippen LogP contribution in [-0.4, -0.2) is 36.1 Å². The maximum absolute atomic E-state index is 4.39. The first-order chi connectivity index (χ1) is 11.8. The van der Waals surface area contributed by atoms with Crippen LogP contribution in [0.5, 0.6) is 0 Å². The third kappa shape index (κ3) is 6.32. The Kier molecular flexibility index (Phi) is 8.33. The number of anilines is 1. The van der Waals surface area contributed by atoms with Gasteiger partial charge in [-0.05, 0) is 50.2 Å². The molecule has 130 valence electrons. The summed E-state index contributed by atoms with van der Waals surface area (Å²) in [5, 5.41) is 3.54. The summed E-state index contributed by atoms with van der Waals surface area (Å²) in [4.78, 5) is 6.98. The molecule has 0 unspecified atom stereocenters. The topological polar surface area (TPSA) is 28.2 Å². The molecule has 0 spiro atoms. The molecule has 0 fully saturated rings. The van der Waals surface area contributed by atoms with Gasteiger partial charge in [0.1, 0.15) is 0 Å². The highest BCUT2D eigenvalue weighted by molar-refractivity contribution is 5.62. The third-order valence-corrected chi connectivity index (χ3v) is 4.26. The maximum Gasteiger partial charge on any atom is 0.0701 e. The zero-order valence-corrected chi connectivity index (χ0v) is 15.2. The summed E-state index contributed by atoms with van der Waals surface area (Å²) >= 11 is 0. The summed E-state index contributed by atoms with van der Waals surface area (Å²) in [5.74, 6) is 0. The second-order valence-corrected chi connectivity index (χ2v) is 6.27. The van der Waals surface area contributed by atoms with Crippen molar-refractivity contribution in [1.29, 1.82) is 0 Å². The third-order valence-electron chi connectivity index (χ3n) is 4.26. The Labute approximate surface area is 147 Å². The van der Waals surface area contributed by atoms with Gasteiger partial charge in [0.15, 0.2) is 0 Å². The smallest absolute Gasteiger partial charge is 0.0701 e. The highest BCUT2D eigenvalue weighted by Gasteiger charge is 2.04. The molecule has 24 heavy (non-hydrogen) atoms. The second-order valence-electron chi connectivity index (χ2n) is 6.27. The van der Waals surface area contributed by atoms with E-state index >= 15 is 0 Å². The molecule has 1 heterocycles. The van der Waals surface area contributed by atoms with Crippen LogP contribution in [0, 0.1) is 0 Å². The van der Waals surface area contributed by atoms with E-state index in [1.165, 1.54) is 44.5 Å². The molecule has 1 aromatic heterocycles. The first-order valence-corrected chi connectivity index (χ1v) is 9.31. The molecule has 1 aromatic carbocycles. The van der Waals surface area contributed by atoms with Gasteiger partial charge in [-0.25, -0.2) is 0 Å². The van der Waals surface area contributed by atoms with Crippen molar-refractivity contribution in [3.05, 3.63) is 48.7 Å². The van der Waals surface area contributed by atoms with E-state index in [4.69, 9.17) is 0 Å². The number of rotatable bonds is 11. The Morgan fingerprint density at radius 3 is 2.17 bits per heavy atom. The van der Waals surface area contributed by atoms with E-state index in [1.807, 2.05) is 24.4 Å². The molecule has 0 aliphatic heterocycles. The molecule has 3 nitrogen and oxygen atoms in total. The molecular weight excluding hydrogens is 294 g/mol. The molecule has 2 aromatic rings. The van der Waals surface area contributed by atoms with Crippen molar-refractivity contribution < 1.29 is 0 Å². The number of nitrogens with one attached hydrogen (secondary N) is 1. The standard InChI is InChI=1S/C21H31N3/c1-3-5-16-24(17-6-4-2)18-15-22-20-12-10-19(11-13-20)21-9-7-8-14-23-21/h7-14,22H,3-6,15-18H2,1-2H3. The maximum atomic E-state index is 4.39. The van der Waals surface area contributed by atoms with E-state index in [0.29, 0.717) is 0 Å². The van der Waals surface area contributed by atoms with Gasteiger partial charge in [0, 0.05) is 30.5 Å². The van der Waals surface area contributed by atoms with Gasteiger partial charge in [0.25, 0.3) is 0 Å². The quantitative estimate of drug-likeness (QED) is 0.625. The van der Waals surface area contributed by atoms with E-state index in [1.54, 1.807) is 0 Å². The van der Waals surface area contributed by atoms with E-state index in [2.05, 4.69) is 53.3 Å². The Bertz CT molecular complexity index is 543. The molecular formula is C21H31N3. The monoisotopic (exact) mass is 325 g/mol. The molecule has 0 saturated carbocycles. The average molecular weight is 326 g/mol. The average Bonchev–Trinajstić information content (AvgIpc) is 2.65. The fourth-order valence-corrected chi connectivity index (χ4v) is 2.75. The van der Waals surface area contributed by atoms with Crippen LogP contribution in [0.3, 0.4) is 0 Å². The summed E-state index contributed by atoms with van der Waals surface area (Å²) in [5.41, 5.74) is 3.36. The Morgan fingerprint density at radius 2 is 1.58 bits per heavy atom. The second kappa shape index (κ2) is 10.8. The van der Waals surface area contributed by atoms with Crippen molar-refractivity contribution in [3.63, 3.8) is 0 Å². The summed E-state index contributed by atoms with van der Waals surface area (Å²) in [6.07, 6.45) is 6.96. The zero-order valence-electron chi connectivity index (χ0n) is 15.2. The van der Waals surface area contributed by atoms with Gasteiger partial charge in [0.05, 0.1) is 5.69 Å². The number of aromatic nitrogens is 1. The van der Waals surface area contributed by atoms with Crippen molar-refractivity contribution in [1.82, 2.24) is 9.88 Å². The number of hydrogen-bond donors (Lipinski definition) is 1. The molecule has 0 saturated heterocycles. The highest BCUT2D eigenvalue weighted by Crippen LogP contribution is 2.18. The molecule has 0 aliphatic rings. The molecule has 2 rings (SSSR count). The number of pyridine rings is 1. The summed E-state index contributed by atoms with van der Waals surface area (Å²) in [6.45, 7) is 9.07. The Hall–Kier alpha value is -1.87. The minimum absolute atomic E-state index is 0.996. The van der Waals surface area contributed by atoms with E-state index in [0.717, 1.165) is 24.3 Å². The predicted molar refractivity (Wildman–Crippen MR) is 104 cm³/mol. The zero-order chi connectivity index (χ0) is 17.0. The lowest BCUT2D eigenvalue weighted by atomic mass is 10.1. The fraction of sp³-hybridized carbons (Fsp3) is 0.476. The first-order valence-electron chi connectivity index (χ1n) is 9.31. The summed E-state index contributed by atoms with van der Waals surface area (Å²) < 4.78 is 0. The Morgan fingerprint density at radius 1 is 0.875 bits per heavy atom. The summed E-state index contributed by atoms with van der Waals surface area (Å²) in [6, 6.07) is 14.6. The number of benzene rings is 1. The largest absolute Gasteiger partial charge is 0.384 e. The molecule has 0 bridgehead atoms. The van der Waals surface area contributed by atoms with Crippen LogP contribution < -0.4 is 5.32 Å². The lowest BCUT2D eigenvalue weighted by Gasteiger charge is -2.22. The molecule has 0 aliphatic carbocycles. The molecule has 0 radical (unpaired) electrons. The SMILES string of the molecule is CCCCN(CCCC)CCNc1ccc(-c2ccccn2)cc1. The first kappa shape index (κ1) is 18.5. The van der Waals surface area contributed by atoms with E-state index in [-0.39, 0.29) is 0 Å². The normalized spacial score (nSPS) is 11.0. The lowest BCUT2D eigenvalue weighted by molar-refractivity contribution is 0.275. The van der Waals surface area contributed by atoms with Crippen LogP contribution in [0.2, 0.25) is 0 Å². The molecule has 0 amide bonds. The molecule has 1 N–H and O–H groups in total. The van der Waals surface area contributed by atoms with Crippen LogP contribution in [0.15, 0.2) is 48.7 Å². The van der Waals surface area contributed by atoms with E-state index < -0.39 is 0 Å². The predicted octanol–water partition coefficient (Wildman–Crippen LogP) is 5.06. The summed E-state index contributed by atoms with van der Waals surface area (Å²) in [7, 11) is 0. The van der Waals surface area contributed by atoms with Gasteiger partial charge in [0.2, 0.25) is 0 Å². The molecule has 0 atom stereocenters. The lowest BCUT2D eigenvalue weighted by Crippen LogP contribution is -2.31. The van der Waals surface area contributed by atoms with Crippen molar-refractivity contribution in [3.8, 4) is 11.3 Å². The van der Waals surface area contributed by atoms with Gasteiger partial charge >= 0.3 is 0 Å². The number of unbranched alkanes of at least 4 members (excludes halogenated alkanes) is 2. The molecule has 3 heteroatoms. The highest BCUT2D eigenvalue weighted by atomic mass is 15.1. The minimum Gasteiger partial charge on any atom is -0.384 e. The van der Waals surface area contributed by atoms with Gasteiger partial charge in [-0.15, -0.1) is 0 Å². The number of hydrogen-bond acceptors (Lipinski definition) is 3. The van der Waals surface area contributed by atoms with Crippen molar-refractivity contribution in [2.45, 2.75) is 39.5 Å². The van der Waals surface area contributed by atoms with E-state index in [9.17, 15) is 0 Å².